The SMILES string of the molecule is N/C(=N/OCC(=O)Nc1cccc(N2CCCC2=O)c1)c1cccc(Cl)c1. The highest BCUT2D eigenvalue weighted by molar-refractivity contribution is 6.31. The van der Waals surface area contributed by atoms with Crippen LogP contribution in [0.25, 0.3) is 0 Å². The van der Waals surface area contributed by atoms with Gasteiger partial charge in [-0.25, -0.2) is 0 Å². The molecule has 0 aliphatic carbocycles. The average molecular weight is 387 g/mol. The number of anilines is 2. The summed E-state index contributed by atoms with van der Waals surface area (Å²) < 4.78 is 0. The molecule has 1 aliphatic rings. The molecular weight excluding hydrogens is 368 g/mol. The van der Waals surface area contributed by atoms with E-state index >= 15 is 0 Å². The second kappa shape index (κ2) is 8.55. The van der Waals surface area contributed by atoms with E-state index in [1.807, 2.05) is 6.07 Å². The van der Waals surface area contributed by atoms with E-state index in [1.54, 1.807) is 47.4 Å². The summed E-state index contributed by atoms with van der Waals surface area (Å²) in [6.45, 7) is 0.394. The van der Waals surface area contributed by atoms with Gasteiger partial charge in [-0.05, 0) is 36.8 Å². The molecule has 0 saturated carbocycles. The molecule has 0 unspecified atom stereocenters. The fourth-order valence-corrected chi connectivity index (χ4v) is 2.92. The van der Waals surface area contributed by atoms with Gasteiger partial charge >= 0.3 is 0 Å². The molecule has 0 bridgehead atoms. The van der Waals surface area contributed by atoms with Gasteiger partial charge in [0.25, 0.3) is 5.91 Å². The Balaban J connectivity index is 1.55. The molecule has 2 aromatic rings. The number of hydrogen-bond acceptors (Lipinski definition) is 4. The fourth-order valence-electron chi connectivity index (χ4n) is 2.73. The molecule has 3 N–H and O–H groups in total. The van der Waals surface area contributed by atoms with E-state index in [-0.39, 0.29) is 24.3 Å². The number of nitrogens with two attached hydrogens (primary N) is 1. The van der Waals surface area contributed by atoms with E-state index in [4.69, 9.17) is 22.2 Å². The number of hydrogen-bond donors (Lipinski definition) is 2. The molecule has 3 rings (SSSR count). The van der Waals surface area contributed by atoms with Crippen molar-refractivity contribution in [2.45, 2.75) is 12.8 Å². The number of rotatable bonds is 6. The Labute approximate surface area is 161 Å². The highest BCUT2D eigenvalue weighted by atomic mass is 35.5. The first kappa shape index (κ1) is 18.7. The zero-order valence-corrected chi connectivity index (χ0v) is 15.3. The van der Waals surface area contributed by atoms with Gasteiger partial charge in [-0.2, -0.15) is 0 Å². The minimum absolute atomic E-state index is 0.0904. The standard InChI is InChI=1S/C19H19ClN4O3/c20-14-5-1-4-13(10-14)19(21)23-27-12-17(25)22-15-6-2-7-16(11-15)24-9-3-8-18(24)26/h1-2,4-7,10-11H,3,8-9,12H2,(H2,21,23)(H,22,25). The molecule has 8 heteroatoms. The highest BCUT2D eigenvalue weighted by Gasteiger charge is 2.21. The number of oxime groups is 1. The lowest BCUT2D eigenvalue weighted by Gasteiger charge is -2.16. The number of nitrogens with one attached hydrogen (secondary N) is 1. The first-order valence-electron chi connectivity index (χ1n) is 8.44. The normalized spacial score (nSPS) is 14.3. The summed E-state index contributed by atoms with van der Waals surface area (Å²) >= 11 is 5.89. The maximum atomic E-state index is 12.0. The lowest BCUT2D eigenvalue weighted by molar-refractivity contribution is -0.120. The zero-order chi connectivity index (χ0) is 19.2. The third kappa shape index (κ3) is 4.98. The van der Waals surface area contributed by atoms with Crippen LogP contribution in [0.4, 0.5) is 11.4 Å². The monoisotopic (exact) mass is 386 g/mol. The molecule has 0 aromatic heterocycles. The van der Waals surface area contributed by atoms with E-state index in [0.29, 0.717) is 29.2 Å². The molecule has 1 fully saturated rings. The third-order valence-electron chi connectivity index (χ3n) is 3.99. The number of nitrogens with zero attached hydrogens (tertiary/aromatic N) is 2. The molecule has 0 atom stereocenters. The Kier molecular flexibility index (Phi) is 5.93. The van der Waals surface area contributed by atoms with Crippen LogP contribution in [-0.2, 0) is 14.4 Å². The van der Waals surface area contributed by atoms with Gasteiger partial charge < -0.3 is 20.8 Å². The van der Waals surface area contributed by atoms with Crippen molar-refractivity contribution in [1.29, 1.82) is 0 Å². The second-order valence-corrected chi connectivity index (χ2v) is 6.44. The Morgan fingerprint density at radius 3 is 2.81 bits per heavy atom. The summed E-state index contributed by atoms with van der Waals surface area (Å²) in [6, 6.07) is 14.0. The first-order valence-corrected chi connectivity index (χ1v) is 8.82. The van der Waals surface area contributed by atoms with Crippen LogP contribution in [0.2, 0.25) is 5.02 Å². The van der Waals surface area contributed by atoms with Gasteiger partial charge in [0.05, 0.1) is 0 Å². The maximum Gasteiger partial charge on any atom is 0.265 e. The van der Waals surface area contributed by atoms with Gasteiger partial charge in [-0.1, -0.05) is 35.0 Å². The lowest BCUT2D eigenvalue weighted by Crippen LogP contribution is -2.24. The minimum atomic E-state index is -0.387. The molecule has 0 spiro atoms. The molecule has 27 heavy (non-hydrogen) atoms. The largest absolute Gasteiger partial charge is 0.384 e. The number of benzene rings is 2. The predicted molar refractivity (Wildman–Crippen MR) is 105 cm³/mol. The van der Waals surface area contributed by atoms with Crippen LogP contribution in [0.1, 0.15) is 18.4 Å². The lowest BCUT2D eigenvalue weighted by atomic mass is 10.2. The van der Waals surface area contributed by atoms with Crippen LogP contribution in [0.5, 0.6) is 0 Å². The number of halogens is 1. The van der Waals surface area contributed by atoms with Crippen LogP contribution in [0.15, 0.2) is 53.7 Å². The minimum Gasteiger partial charge on any atom is -0.384 e. The maximum absolute atomic E-state index is 12.0. The van der Waals surface area contributed by atoms with Crippen molar-refractivity contribution in [3.05, 3.63) is 59.1 Å². The summed E-state index contributed by atoms with van der Waals surface area (Å²) in [5.74, 6) is -0.171. The van der Waals surface area contributed by atoms with Crippen molar-refractivity contribution in [3.8, 4) is 0 Å². The highest BCUT2D eigenvalue weighted by Crippen LogP contribution is 2.24. The smallest absolute Gasteiger partial charge is 0.265 e. The third-order valence-corrected chi connectivity index (χ3v) is 4.23. The number of amides is 2. The second-order valence-electron chi connectivity index (χ2n) is 6.01. The zero-order valence-electron chi connectivity index (χ0n) is 14.5. The fraction of sp³-hybridized carbons (Fsp3) is 0.211. The van der Waals surface area contributed by atoms with E-state index in [9.17, 15) is 9.59 Å². The van der Waals surface area contributed by atoms with Gasteiger partial charge in [-0.3, -0.25) is 9.59 Å². The molecule has 2 aromatic carbocycles. The van der Waals surface area contributed by atoms with Crippen molar-refractivity contribution in [3.63, 3.8) is 0 Å². The summed E-state index contributed by atoms with van der Waals surface area (Å²) in [6.07, 6.45) is 1.39. The molecule has 0 radical (unpaired) electrons. The van der Waals surface area contributed by atoms with Gasteiger partial charge in [0.1, 0.15) is 0 Å². The number of carbonyl (C=O) groups is 2. The molecule has 1 saturated heterocycles. The van der Waals surface area contributed by atoms with Crippen molar-refractivity contribution >= 4 is 40.6 Å². The Morgan fingerprint density at radius 1 is 1.26 bits per heavy atom. The van der Waals surface area contributed by atoms with Gasteiger partial charge in [0.2, 0.25) is 5.91 Å². The van der Waals surface area contributed by atoms with Crippen LogP contribution in [-0.4, -0.2) is 30.8 Å². The number of carbonyl (C=O) groups excluding carboxylic acids is 2. The Morgan fingerprint density at radius 2 is 2.07 bits per heavy atom. The topological polar surface area (TPSA) is 97.0 Å². The summed E-state index contributed by atoms with van der Waals surface area (Å²) in [5.41, 5.74) is 7.75. The van der Waals surface area contributed by atoms with Crippen molar-refractivity contribution in [2.75, 3.05) is 23.4 Å². The number of amidine groups is 1. The summed E-state index contributed by atoms with van der Waals surface area (Å²) in [4.78, 5) is 30.6. The predicted octanol–water partition coefficient (Wildman–Crippen LogP) is 2.74. The average Bonchev–Trinajstić information content (AvgIpc) is 3.08. The van der Waals surface area contributed by atoms with E-state index in [2.05, 4.69) is 10.5 Å². The molecule has 2 amide bonds. The van der Waals surface area contributed by atoms with Gasteiger partial charge in [0.15, 0.2) is 12.4 Å². The van der Waals surface area contributed by atoms with Gasteiger partial charge in [-0.15, -0.1) is 0 Å². The molecule has 7 nitrogen and oxygen atoms in total. The quantitative estimate of drug-likeness (QED) is 0.453. The molecule has 1 heterocycles. The van der Waals surface area contributed by atoms with Crippen LogP contribution in [0, 0.1) is 0 Å². The molecule has 1 aliphatic heterocycles. The van der Waals surface area contributed by atoms with Crippen LogP contribution < -0.4 is 16.0 Å². The Bertz CT molecular complexity index is 885. The molecular formula is C19H19ClN4O3. The van der Waals surface area contributed by atoms with Crippen molar-refractivity contribution in [2.24, 2.45) is 10.9 Å². The Hall–Kier alpha value is -3.06. The van der Waals surface area contributed by atoms with Crippen LogP contribution >= 0.6 is 11.6 Å². The van der Waals surface area contributed by atoms with Crippen LogP contribution in [0.3, 0.4) is 0 Å². The first-order chi connectivity index (χ1) is 13.0. The van der Waals surface area contributed by atoms with Crippen molar-refractivity contribution in [1.82, 2.24) is 0 Å². The summed E-state index contributed by atoms with van der Waals surface area (Å²) in [7, 11) is 0. The van der Waals surface area contributed by atoms with Crippen molar-refractivity contribution < 1.29 is 14.4 Å². The van der Waals surface area contributed by atoms with E-state index in [0.717, 1.165) is 12.1 Å². The van der Waals surface area contributed by atoms with E-state index in [1.165, 1.54) is 0 Å². The summed E-state index contributed by atoms with van der Waals surface area (Å²) in [5, 5.41) is 6.97. The van der Waals surface area contributed by atoms with E-state index < -0.39 is 0 Å². The molecule has 140 valence electrons. The van der Waals surface area contributed by atoms with Gasteiger partial charge in [0, 0.05) is 34.9 Å².